The summed E-state index contributed by atoms with van der Waals surface area (Å²) in [5, 5.41) is 11.2. The van der Waals surface area contributed by atoms with Crippen molar-refractivity contribution in [3.05, 3.63) is 39.7 Å². The maximum absolute atomic E-state index is 4.21. The molecule has 2 aromatic rings. The zero-order valence-corrected chi connectivity index (χ0v) is 11.6. The van der Waals surface area contributed by atoms with E-state index in [0.717, 1.165) is 12.2 Å². The lowest BCUT2D eigenvalue weighted by Gasteiger charge is -2.27. The third-order valence-corrected chi connectivity index (χ3v) is 3.61. The van der Waals surface area contributed by atoms with Crippen LogP contribution >= 0.6 is 22.6 Å². The van der Waals surface area contributed by atoms with Crippen LogP contribution in [-0.4, -0.2) is 16.3 Å². The smallest absolute Gasteiger partial charge is 0.0717 e. The van der Waals surface area contributed by atoms with Gasteiger partial charge in [-0.25, -0.2) is 0 Å². The highest BCUT2D eigenvalue weighted by Gasteiger charge is 2.19. The predicted octanol–water partition coefficient (Wildman–Crippen LogP) is 2.60. The van der Waals surface area contributed by atoms with Crippen LogP contribution in [0.1, 0.15) is 11.6 Å². The van der Waals surface area contributed by atoms with E-state index < -0.39 is 0 Å². The van der Waals surface area contributed by atoms with Crippen molar-refractivity contribution in [3.63, 3.8) is 0 Å². The minimum Gasteiger partial charge on any atom is -0.381 e. The lowest BCUT2D eigenvalue weighted by molar-refractivity contribution is 0.761. The van der Waals surface area contributed by atoms with E-state index in [2.05, 4.69) is 62.7 Å². The van der Waals surface area contributed by atoms with Crippen molar-refractivity contribution < 1.29 is 0 Å². The molecule has 2 N–H and O–H groups in total. The summed E-state index contributed by atoms with van der Waals surface area (Å²) in [4.78, 5) is 0. The van der Waals surface area contributed by atoms with Crippen molar-refractivity contribution in [1.29, 1.82) is 0 Å². The molecule has 1 atom stereocenters. The Hall–Kier alpha value is -1.24. The number of aryl methyl sites for hydroxylation is 1. The molecule has 0 saturated heterocycles. The van der Waals surface area contributed by atoms with Crippen molar-refractivity contribution in [2.75, 3.05) is 17.2 Å². The zero-order valence-electron chi connectivity index (χ0n) is 9.44. The van der Waals surface area contributed by atoms with Gasteiger partial charge in [0.25, 0.3) is 0 Å². The predicted molar refractivity (Wildman–Crippen MR) is 77.2 cm³/mol. The molecule has 4 nitrogen and oxygen atoms in total. The van der Waals surface area contributed by atoms with E-state index in [9.17, 15) is 0 Å². The second-order valence-corrected chi connectivity index (χ2v) is 5.46. The monoisotopic (exact) mass is 340 g/mol. The Labute approximate surface area is 114 Å². The van der Waals surface area contributed by atoms with Gasteiger partial charge in [0.05, 0.1) is 23.6 Å². The molecule has 0 spiro atoms. The molecule has 0 aliphatic carbocycles. The zero-order chi connectivity index (χ0) is 11.8. The Balaban J connectivity index is 1.88. The molecule has 0 amide bonds. The number of nitrogens with one attached hydrogen (secondary N) is 2. The fraction of sp³-hybridized carbons (Fsp3) is 0.250. The highest BCUT2D eigenvalue weighted by atomic mass is 127. The van der Waals surface area contributed by atoms with E-state index in [0.29, 0.717) is 0 Å². The molecule has 17 heavy (non-hydrogen) atoms. The van der Waals surface area contributed by atoms with Gasteiger partial charge in [-0.2, -0.15) is 5.10 Å². The Morgan fingerprint density at radius 3 is 3.06 bits per heavy atom. The quantitative estimate of drug-likeness (QED) is 0.785. The summed E-state index contributed by atoms with van der Waals surface area (Å²) in [6.45, 7) is 0.888. The highest BCUT2D eigenvalue weighted by Crippen LogP contribution is 2.32. The van der Waals surface area contributed by atoms with Crippen LogP contribution in [-0.2, 0) is 7.05 Å². The molecular formula is C12H13IN4. The number of hydrogen-bond donors (Lipinski definition) is 2. The van der Waals surface area contributed by atoms with E-state index >= 15 is 0 Å². The van der Waals surface area contributed by atoms with E-state index in [1.165, 1.54) is 14.8 Å². The molecule has 5 heteroatoms. The Kier molecular flexibility index (Phi) is 2.70. The van der Waals surface area contributed by atoms with Gasteiger partial charge in [-0.3, -0.25) is 4.68 Å². The Morgan fingerprint density at radius 2 is 2.29 bits per heavy atom. The third kappa shape index (κ3) is 2.11. The highest BCUT2D eigenvalue weighted by molar-refractivity contribution is 14.1. The van der Waals surface area contributed by atoms with E-state index in [-0.39, 0.29) is 6.04 Å². The van der Waals surface area contributed by atoms with Crippen LogP contribution in [0, 0.1) is 3.57 Å². The first-order chi connectivity index (χ1) is 8.22. The number of hydrogen-bond acceptors (Lipinski definition) is 3. The van der Waals surface area contributed by atoms with Crippen LogP contribution in [0.15, 0.2) is 30.6 Å². The van der Waals surface area contributed by atoms with Crippen molar-refractivity contribution in [2.24, 2.45) is 7.05 Å². The molecule has 88 valence electrons. The van der Waals surface area contributed by atoms with E-state index in [1.54, 1.807) is 0 Å². The molecule has 0 bridgehead atoms. The van der Waals surface area contributed by atoms with Crippen molar-refractivity contribution in [2.45, 2.75) is 6.04 Å². The van der Waals surface area contributed by atoms with Crippen LogP contribution in [0.5, 0.6) is 0 Å². The van der Waals surface area contributed by atoms with Crippen LogP contribution in [0.2, 0.25) is 0 Å². The molecule has 1 unspecified atom stereocenters. The molecule has 1 aromatic heterocycles. The summed E-state index contributed by atoms with van der Waals surface area (Å²) < 4.78 is 3.08. The molecule has 1 aromatic carbocycles. The topological polar surface area (TPSA) is 41.9 Å². The van der Waals surface area contributed by atoms with Gasteiger partial charge in [0.15, 0.2) is 0 Å². The fourth-order valence-corrected chi connectivity index (χ4v) is 2.55. The van der Waals surface area contributed by atoms with Gasteiger partial charge >= 0.3 is 0 Å². The van der Waals surface area contributed by atoms with Gasteiger partial charge in [0.1, 0.15) is 0 Å². The number of benzene rings is 1. The van der Waals surface area contributed by atoms with Crippen molar-refractivity contribution in [1.82, 2.24) is 9.78 Å². The first-order valence-corrected chi connectivity index (χ1v) is 6.59. The van der Waals surface area contributed by atoms with Gasteiger partial charge < -0.3 is 10.6 Å². The lowest BCUT2D eigenvalue weighted by atomic mass is 10.1. The second-order valence-electron chi connectivity index (χ2n) is 4.22. The maximum Gasteiger partial charge on any atom is 0.0717 e. The summed E-state index contributed by atoms with van der Waals surface area (Å²) in [6, 6.07) is 6.67. The number of nitrogens with zero attached hydrogens (tertiary/aromatic N) is 2. The summed E-state index contributed by atoms with van der Waals surface area (Å²) in [5.41, 5.74) is 3.55. The van der Waals surface area contributed by atoms with Gasteiger partial charge in [-0.15, -0.1) is 0 Å². The second kappa shape index (κ2) is 4.21. The summed E-state index contributed by atoms with van der Waals surface area (Å²) in [6.07, 6.45) is 3.97. The van der Waals surface area contributed by atoms with E-state index in [4.69, 9.17) is 0 Å². The average Bonchev–Trinajstić information content (AvgIpc) is 2.75. The average molecular weight is 340 g/mol. The summed E-state index contributed by atoms with van der Waals surface area (Å²) in [7, 11) is 1.94. The van der Waals surface area contributed by atoms with Gasteiger partial charge in [-0.1, -0.05) is 0 Å². The van der Waals surface area contributed by atoms with E-state index in [1.807, 2.05) is 17.9 Å². The molecule has 1 aliphatic heterocycles. The Morgan fingerprint density at radius 1 is 1.41 bits per heavy atom. The van der Waals surface area contributed by atoms with Crippen LogP contribution < -0.4 is 10.6 Å². The maximum atomic E-state index is 4.21. The number of fused-ring (bicyclic) bond motifs is 1. The van der Waals surface area contributed by atoms with Gasteiger partial charge in [0, 0.05) is 28.9 Å². The molecular weight excluding hydrogens is 327 g/mol. The fourth-order valence-electron chi connectivity index (χ4n) is 2.06. The number of aromatic nitrogens is 2. The number of halogens is 1. The molecule has 3 rings (SSSR count). The standard InChI is InChI=1S/C12H13IN4/c1-17-7-8(5-15-17)12-6-14-11-4-9(13)2-3-10(11)16-12/h2-5,7,12,14,16H,6H2,1H3. The van der Waals surface area contributed by atoms with Crippen LogP contribution in [0.4, 0.5) is 11.4 Å². The van der Waals surface area contributed by atoms with Crippen LogP contribution in [0.25, 0.3) is 0 Å². The first kappa shape index (κ1) is 10.9. The molecule has 2 heterocycles. The summed E-state index contributed by atoms with van der Waals surface area (Å²) in [5.74, 6) is 0. The van der Waals surface area contributed by atoms with Crippen LogP contribution in [0.3, 0.4) is 0 Å². The molecule has 0 saturated carbocycles. The first-order valence-electron chi connectivity index (χ1n) is 5.51. The normalized spacial score (nSPS) is 18.1. The molecule has 0 fully saturated rings. The number of rotatable bonds is 1. The minimum absolute atomic E-state index is 0.288. The third-order valence-electron chi connectivity index (χ3n) is 2.94. The van der Waals surface area contributed by atoms with Gasteiger partial charge in [0.2, 0.25) is 0 Å². The minimum atomic E-state index is 0.288. The largest absolute Gasteiger partial charge is 0.381 e. The van der Waals surface area contributed by atoms with Crippen molar-refractivity contribution >= 4 is 34.0 Å². The summed E-state index contributed by atoms with van der Waals surface area (Å²) >= 11 is 2.32. The molecule has 0 radical (unpaired) electrons. The Bertz CT molecular complexity index is 549. The lowest BCUT2D eigenvalue weighted by Crippen LogP contribution is -2.25. The SMILES string of the molecule is Cn1cc(C2CNc3cc(I)ccc3N2)cn1. The number of anilines is 2. The van der Waals surface area contributed by atoms with Gasteiger partial charge in [-0.05, 0) is 40.8 Å². The van der Waals surface area contributed by atoms with Crippen molar-refractivity contribution in [3.8, 4) is 0 Å². The molecule has 1 aliphatic rings.